The zero-order chi connectivity index (χ0) is 31.3. The van der Waals surface area contributed by atoms with E-state index >= 15 is 4.39 Å². The van der Waals surface area contributed by atoms with Gasteiger partial charge >= 0.3 is 0 Å². The summed E-state index contributed by atoms with van der Waals surface area (Å²) < 4.78 is 15.2. The predicted molar refractivity (Wildman–Crippen MR) is 161 cm³/mol. The van der Waals surface area contributed by atoms with Gasteiger partial charge in [-0.2, -0.15) is 0 Å². The maximum atomic E-state index is 15.2. The Bertz CT molecular complexity index is 1610. The molecule has 6 rings (SSSR count). The summed E-state index contributed by atoms with van der Waals surface area (Å²) in [7, 11) is 0. The van der Waals surface area contributed by atoms with Crippen LogP contribution in [0.4, 0.5) is 4.39 Å². The van der Waals surface area contributed by atoms with Gasteiger partial charge < -0.3 is 4.90 Å². The summed E-state index contributed by atoms with van der Waals surface area (Å²) in [6.45, 7) is 7.53. The number of imide groups is 2. The number of piperazine rings is 1. The summed E-state index contributed by atoms with van der Waals surface area (Å²) in [6.07, 6.45) is 3.00. The lowest BCUT2D eigenvalue weighted by atomic mass is 9.72. The third kappa shape index (κ3) is 5.68. The van der Waals surface area contributed by atoms with E-state index in [2.05, 4.69) is 36.2 Å². The summed E-state index contributed by atoms with van der Waals surface area (Å²) in [5.41, 5.74) is 3.42. The third-order valence-electron chi connectivity index (χ3n) is 9.19. The van der Waals surface area contributed by atoms with Crippen LogP contribution in [0.25, 0.3) is 5.57 Å². The first-order valence-corrected chi connectivity index (χ1v) is 15.3. The Kier molecular flexibility index (Phi) is 7.92. The van der Waals surface area contributed by atoms with Crippen LogP contribution < -0.4 is 5.32 Å². The maximum Gasteiger partial charge on any atom is 0.265 e. The van der Waals surface area contributed by atoms with E-state index in [1.54, 1.807) is 4.90 Å². The average molecular weight is 621 g/mol. The van der Waals surface area contributed by atoms with Gasteiger partial charge in [0, 0.05) is 49.7 Å². The number of carbonyl (C=O) groups is 5. The van der Waals surface area contributed by atoms with Crippen molar-refractivity contribution < 1.29 is 28.4 Å². The molecule has 0 aromatic heterocycles. The zero-order valence-corrected chi connectivity index (χ0v) is 25.5. The number of allylic oxidation sites excluding steroid dienone is 1. The van der Waals surface area contributed by atoms with Gasteiger partial charge in [0.05, 0.1) is 11.1 Å². The van der Waals surface area contributed by atoms with Crippen molar-refractivity contribution in [1.29, 1.82) is 0 Å². The lowest BCUT2D eigenvalue weighted by Crippen LogP contribution is -2.54. The van der Waals surface area contributed by atoms with E-state index < -0.39 is 47.0 Å². The van der Waals surface area contributed by atoms with Crippen LogP contribution in [0.1, 0.15) is 82.6 Å². The first-order valence-electron chi connectivity index (χ1n) is 15.0. The number of hydrogen-bond donors (Lipinski definition) is 1. The van der Waals surface area contributed by atoms with Crippen LogP contribution in [-0.2, 0) is 9.59 Å². The number of amides is 5. The van der Waals surface area contributed by atoms with Crippen molar-refractivity contribution in [3.8, 4) is 0 Å². The fraction of sp³-hybridized carbons (Fsp3) is 0.424. The number of carbonyl (C=O) groups excluding carboxylic acids is 5. The second-order valence-corrected chi connectivity index (χ2v) is 13.3. The van der Waals surface area contributed by atoms with Crippen molar-refractivity contribution in [1.82, 2.24) is 20.0 Å². The van der Waals surface area contributed by atoms with Crippen LogP contribution >= 0.6 is 11.6 Å². The van der Waals surface area contributed by atoms with Gasteiger partial charge in [-0.3, -0.25) is 39.1 Å². The largest absolute Gasteiger partial charge is 0.336 e. The number of fused-ring (bicyclic) bond motifs is 1. The van der Waals surface area contributed by atoms with E-state index in [-0.39, 0.29) is 29.4 Å². The van der Waals surface area contributed by atoms with Crippen molar-refractivity contribution in [3.05, 3.63) is 75.1 Å². The molecule has 11 heteroatoms. The molecule has 230 valence electrons. The first kappa shape index (κ1) is 30.1. The quantitative estimate of drug-likeness (QED) is 0.500. The van der Waals surface area contributed by atoms with Crippen LogP contribution in [0, 0.1) is 11.2 Å². The summed E-state index contributed by atoms with van der Waals surface area (Å²) in [6, 6.07) is 9.02. The lowest BCUT2D eigenvalue weighted by Gasteiger charge is -2.38. The fourth-order valence-electron chi connectivity index (χ4n) is 6.70. The van der Waals surface area contributed by atoms with Gasteiger partial charge in [0.2, 0.25) is 11.8 Å². The molecule has 1 atom stereocenters. The number of halogens is 2. The summed E-state index contributed by atoms with van der Waals surface area (Å²) in [4.78, 5) is 68.2. The van der Waals surface area contributed by atoms with E-state index in [4.69, 9.17) is 11.6 Å². The van der Waals surface area contributed by atoms with E-state index in [1.165, 1.54) is 22.8 Å². The standard InChI is InChI=1S/C33H34ClFN4O5/c1-33(2)10-9-20(24(17-33)19-3-5-22(34)6-4-19)18-37-11-13-38(14-12-37)30(42)21-15-23-28(25(35)16-21)32(44)39(31(23)43)26-7-8-27(40)36-29(26)41/h3-6,15-16,26H,7-14,17-18H2,1-2H3,(H,36,40,41). The van der Waals surface area contributed by atoms with Crippen LogP contribution in [0.5, 0.6) is 0 Å². The minimum absolute atomic E-state index is 0.0248. The van der Waals surface area contributed by atoms with E-state index in [0.717, 1.165) is 31.9 Å². The normalized spacial score (nSPS) is 22.4. The molecule has 2 aromatic carbocycles. The molecule has 0 spiro atoms. The minimum atomic E-state index is -1.21. The Morgan fingerprint density at radius 1 is 1.00 bits per heavy atom. The summed E-state index contributed by atoms with van der Waals surface area (Å²) in [5, 5.41) is 2.82. The van der Waals surface area contributed by atoms with E-state index in [0.29, 0.717) is 36.1 Å². The highest BCUT2D eigenvalue weighted by atomic mass is 35.5. The van der Waals surface area contributed by atoms with Crippen LogP contribution in [-0.4, -0.2) is 83.0 Å². The van der Waals surface area contributed by atoms with Gasteiger partial charge in [-0.25, -0.2) is 4.39 Å². The molecule has 3 heterocycles. The van der Waals surface area contributed by atoms with Gasteiger partial charge in [-0.05, 0) is 66.5 Å². The molecule has 4 aliphatic rings. The van der Waals surface area contributed by atoms with Gasteiger partial charge in [0.1, 0.15) is 11.9 Å². The Morgan fingerprint density at radius 2 is 1.70 bits per heavy atom. The molecular weight excluding hydrogens is 587 g/mol. The number of hydrogen-bond acceptors (Lipinski definition) is 6. The zero-order valence-electron chi connectivity index (χ0n) is 24.8. The molecule has 1 N–H and O–H groups in total. The Hall–Kier alpha value is -3.89. The van der Waals surface area contributed by atoms with Crippen molar-refractivity contribution in [2.24, 2.45) is 5.41 Å². The number of nitrogens with one attached hydrogen (secondary N) is 1. The monoisotopic (exact) mass is 620 g/mol. The van der Waals surface area contributed by atoms with Crippen molar-refractivity contribution >= 4 is 46.7 Å². The van der Waals surface area contributed by atoms with Gasteiger partial charge in [0.25, 0.3) is 17.7 Å². The summed E-state index contributed by atoms with van der Waals surface area (Å²) in [5.74, 6) is -4.48. The average Bonchev–Trinajstić information content (AvgIpc) is 3.24. The van der Waals surface area contributed by atoms with E-state index in [1.807, 2.05) is 12.1 Å². The molecule has 5 amide bonds. The van der Waals surface area contributed by atoms with E-state index in [9.17, 15) is 24.0 Å². The SMILES string of the molecule is CC1(C)CCC(CN2CCN(C(=O)c3cc(F)c4c(c3)C(=O)N(C3CCC(=O)NC3=O)C4=O)CC2)=C(c2ccc(Cl)cc2)C1. The first-order chi connectivity index (χ1) is 20.9. The predicted octanol–water partition coefficient (Wildman–Crippen LogP) is 4.30. The van der Waals surface area contributed by atoms with Crippen molar-refractivity contribution in [2.45, 2.75) is 52.0 Å². The van der Waals surface area contributed by atoms with Crippen LogP contribution in [0.2, 0.25) is 5.02 Å². The Balaban J connectivity index is 1.14. The molecular formula is C33H34ClFN4O5. The Morgan fingerprint density at radius 3 is 2.39 bits per heavy atom. The molecule has 0 radical (unpaired) electrons. The number of piperidine rings is 1. The molecule has 9 nitrogen and oxygen atoms in total. The van der Waals surface area contributed by atoms with Gasteiger partial charge in [-0.1, -0.05) is 43.2 Å². The fourth-order valence-corrected chi connectivity index (χ4v) is 6.82. The molecule has 44 heavy (non-hydrogen) atoms. The van der Waals surface area contributed by atoms with Crippen molar-refractivity contribution in [3.63, 3.8) is 0 Å². The molecule has 0 bridgehead atoms. The third-order valence-corrected chi connectivity index (χ3v) is 9.45. The van der Waals surface area contributed by atoms with Crippen LogP contribution in [0.3, 0.4) is 0 Å². The molecule has 0 saturated carbocycles. The maximum absolute atomic E-state index is 15.2. The highest BCUT2D eigenvalue weighted by Gasteiger charge is 2.46. The number of rotatable bonds is 5. The minimum Gasteiger partial charge on any atom is -0.336 e. The van der Waals surface area contributed by atoms with Gasteiger partial charge in [0.15, 0.2) is 0 Å². The topological polar surface area (TPSA) is 107 Å². The number of nitrogens with zero attached hydrogens (tertiary/aromatic N) is 3. The van der Waals surface area contributed by atoms with Crippen LogP contribution in [0.15, 0.2) is 42.0 Å². The molecule has 3 aliphatic heterocycles. The molecule has 2 aromatic rings. The lowest BCUT2D eigenvalue weighted by molar-refractivity contribution is -0.136. The highest BCUT2D eigenvalue weighted by molar-refractivity contribution is 6.30. The molecule has 1 unspecified atom stereocenters. The Labute approximate surface area is 260 Å². The molecule has 2 fully saturated rings. The second-order valence-electron chi connectivity index (χ2n) is 12.8. The van der Waals surface area contributed by atoms with Gasteiger partial charge in [-0.15, -0.1) is 0 Å². The highest BCUT2D eigenvalue weighted by Crippen LogP contribution is 2.43. The summed E-state index contributed by atoms with van der Waals surface area (Å²) >= 11 is 6.14. The molecule has 1 aliphatic carbocycles. The molecule has 2 saturated heterocycles. The number of benzene rings is 2. The second kappa shape index (κ2) is 11.6. The van der Waals surface area contributed by atoms with Crippen molar-refractivity contribution in [2.75, 3.05) is 32.7 Å². The smallest absolute Gasteiger partial charge is 0.265 e.